The van der Waals surface area contributed by atoms with Crippen LogP contribution in [0.5, 0.6) is 0 Å². The summed E-state index contributed by atoms with van der Waals surface area (Å²) in [5.74, 6) is 2.09. The second-order valence-corrected chi connectivity index (χ2v) is 4.97. The number of alkyl halides is 1. The Hall–Kier alpha value is -1.00. The molecule has 2 rings (SSSR count). The summed E-state index contributed by atoms with van der Waals surface area (Å²) in [6, 6.07) is 9.73. The van der Waals surface area contributed by atoms with Crippen LogP contribution >= 0.6 is 23.4 Å². The largest absolute Gasteiger partial charge is 0.423 e. The van der Waals surface area contributed by atoms with E-state index in [1.165, 1.54) is 0 Å². The fraction of sp³-hybridized carbons (Fsp3) is 0.333. The summed E-state index contributed by atoms with van der Waals surface area (Å²) in [5.41, 5.74) is 0.967. The van der Waals surface area contributed by atoms with Crippen molar-refractivity contribution in [1.82, 2.24) is 10.2 Å². The Morgan fingerprint density at radius 2 is 2.06 bits per heavy atom. The number of halogens is 1. The summed E-state index contributed by atoms with van der Waals surface area (Å²) in [6.45, 7) is 0. The summed E-state index contributed by atoms with van der Waals surface area (Å²) >= 11 is 8.03. The van der Waals surface area contributed by atoms with Crippen LogP contribution in [0, 0.1) is 0 Å². The van der Waals surface area contributed by atoms with Crippen molar-refractivity contribution in [2.75, 3.05) is 12.0 Å². The number of thioether (sulfide) groups is 1. The minimum absolute atomic E-state index is 0.369. The van der Waals surface area contributed by atoms with Gasteiger partial charge in [-0.25, -0.2) is 0 Å². The molecular weight excluding hydrogens is 256 g/mol. The highest BCUT2D eigenvalue weighted by Crippen LogP contribution is 2.27. The fourth-order valence-electron chi connectivity index (χ4n) is 1.42. The Balaban J connectivity index is 2.09. The molecule has 0 aliphatic heterocycles. The standard InChI is InChI=1S/C12H13ClN2OS/c1-17-8-7-10-14-15-12(16-10)11(13)9-5-3-2-4-6-9/h2-6,11H,7-8H2,1H3. The second-order valence-electron chi connectivity index (χ2n) is 3.55. The van der Waals surface area contributed by atoms with Crippen LogP contribution in [0.4, 0.5) is 0 Å². The lowest BCUT2D eigenvalue weighted by molar-refractivity contribution is 0.460. The van der Waals surface area contributed by atoms with Crippen LogP contribution in [-0.2, 0) is 6.42 Å². The molecule has 1 heterocycles. The molecule has 1 aromatic heterocycles. The van der Waals surface area contributed by atoms with Crippen molar-refractivity contribution >= 4 is 23.4 Å². The molecule has 5 heteroatoms. The zero-order valence-corrected chi connectivity index (χ0v) is 11.0. The van der Waals surface area contributed by atoms with Gasteiger partial charge in [0.25, 0.3) is 0 Å². The fourth-order valence-corrected chi connectivity index (χ4v) is 2.04. The summed E-state index contributed by atoms with van der Waals surface area (Å²) in [5, 5.41) is 7.60. The van der Waals surface area contributed by atoms with Crippen molar-refractivity contribution in [2.45, 2.75) is 11.8 Å². The minimum Gasteiger partial charge on any atom is -0.423 e. The molecule has 0 amide bonds. The molecule has 1 atom stereocenters. The minimum atomic E-state index is -0.369. The molecule has 0 radical (unpaired) electrons. The van der Waals surface area contributed by atoms with E-state index in [2.05, 4.69) is 10.2 Å². The smallest absolute Gasteiger partial charge is 0.238 e. The average Bonchev–Trinajstić information content (AvgIpc) is 2.85. The molecule has 0 fully saturated rings. The Morgan fingerprint density at radius 1 is 1.29 bits per heavy atom. The molecule has 3 nitrogen and oxygen atoms in total. The van der Waals surface area contributed by atoms with Crippen LogP contribution in [0.25, 0.3) is 0 Å². The normalized spacial score (nSPS) is 12.6. The first kappa shape index (κ1) is 12.5. The topological polar surface area (TPSA) is 38.9 Å². The van der Waals surface area contributed by atoms with Crippen molar-refractivity contribution in [3.05, 3.63) is 47.7 Å². The zero-order valence-electron chi connectivity index (χ0n) is 9.47. The second kappa shape index (κ2) is 6.07. The van der Waals surface area contributed by atoms with E-state index < -0.39 is 0 Å². The Bertz CT molecular complexity index is 461. The van der Waals surface area contributed by atoms with E-state index in [0.717, 1.165) is 17.7 Å². The zero-order chi connectivity index (χ0) is 12.1. The van der Waals surface area contributed by atoms with E-state index in [1.807, 2.05) is 36.6 Å². The lowest BCUT2D eigenvalue weighted by Crippen LogP contribution is -1.92. The van der Waals surface area contributed by atoms with Crippen LogP contribution in [0.1, 0.15) is 22.7 Å². The molecule has 1 aromatic carbocycles. The summed E-state index contributed by atoms with van der Waals surface area (Å²) < 4.78 is 5.53. The quantitative estimate of drug-likeness (QED) is 0.780. The molecule has 0 saturated carbocycles. The van der Waals surface area contributed by atoms with Gasteiger partial charge in [0.05, 0.1) is 0 Å². The third-order valence-electron chi connectivity index (χ3n) is 2.31. The van der Waals surface area contributed by atoms with Gasteiger partial charge in [0.15, 0.2) is 0 Å². The predicted octanol–water partition coefficient (Wildman–Crippen LogP) is 3.30. The summed E-state index contributed by atoms with van der Waals surface area (Å²) in [4.78, 5) is 0. The predicted molar refractivity (Wildman–Crippen MR) is 70.5 cm³/mol. The summed E-state index contributed by atoms with van der Waals surface area (Å²) in [7, 11) is 0. The summed E-state index contributed by atoms with van der Waals surface area (Å²) in [6.07, 6.45) is 2.83. The van der Waals surface area contributed by atoms with Gasteiger partial charge in [-0.3, -0.25) is 0 Å². The number of aromatic nitrogens is 2. The van der Waals surface area contributed by atoms with Crippen molar-refractivity contribution < 1.29 is 4.42 Å². The molecule has 0 N–H and O–H groups in total. The van der Waals surface area contributed by atoms with Crippen molar-refractivity contribution in [1.29, 1.82) is 0 Å². The number of rotatable bonds is 5. The van der Waals surface area contributed by atoms with Crippen LogP contribution in [0.3, 0.4) is 0 Å². The maximum absolute atomic E-state index is 6.28. The van der Waals surface area contributed by atoms with Gasteiger partial charge < -0.3 is 4.42 Å². The molecule has 0 aliphatic rings. The van der Waals surface area contributed by atoms with Crippen LogP contribution in [0.15, 0.2) is 34.7 Å². The van der Waals surface area contributed by atoms with E-state index in [4.69, 9.17) is 16.0 Å². The highest BCUT2D eigenvalue weighted by Gasteiger charge is 2.17. The van der Waals surface area contributed by atoms with Gasteiger partial charge in [0, 0.05) is 12.2 Å². The maximum Gasteiger partial charge on any atom is 0.238 e. The first-order valence-electron chi connectivity index (χ1n) is 5.31. The molecular formula is C12H13ClN2OS. The van der Waals surface area contributed by atoms with Gasteiger partial charge >= 0.3 is 0 Å². The third kappa shape index (κ3) is 3.23. The Labute approximate surface area is 110 Å². The van der Waals surface area contributed by atoms with Crippen LogP contribution in [-0.4, -0.2) is 22.2 Å². The number of benzene rings is 1. The molecule has 90 valence electrons. The van der Waals surface area contributed by atoms with Gasteiger partial charge in [0.2, 0.25) is 11.8 Å². The number of aryl methyl sites for hydroxylation is 1. The van der Waals surface area contributed by atoms with E-state index >= 15 is 0 Å². The van der Waals surface area contributed by atoms with E-state index in [9.17, 15) is 0 Å². The number of hydrogen-bond donors (Lipinski definition) is 0. The highest BCUT2D eigenvalue weighted by atomic mass is 35.5. The van der Waals surface area contributed by atoms with Crippen molar-refractivity contribution in [2.24, 2.45) is 0 Å². The maximum atomic E-state index is 6.28. The highest BCUT2D eigenvalue weighted by molar-refractivity contribution is 7.98. The Kier molecular flexibility index (Phi) is 4.45. The molecule has 1 unspecified atom stereocenters. The van der Waals surface area contributed by atoms with Crippen LogP contribution < -0.4 is 0 Å². The third-order valence-corrected chi connectivity index (χ3v) is 3.36. The van der Waals surface area contributed by atoms with E-state index in [0.29, 0.717) is 11.8 Å². The lowest BCUT2D eigenvalue weighted by Gasteiger charge is -2.03. The molecule has 0 aliphatic carbocycles. The molecule has 0 spiro atoms. The van der Waals surface area contributed by atoms with E-state index in [1.54, 1.807) is 11.8 Å². The SMILES string of the molecule is CSCCc1nnc(C(Cl)c2ccccc2)o1. The number of nitrogens with zero attached hydrogens (tertiary/aromatic N) is 2. The van der Waals surface area contributed by atoms with Gasteiger partial charge in [0.1, 0.15) is 5.38 Å². The van der Waals surface area contributed by atoms with Crippen molar-refractivity contribution in [3.63, 3.8) is 0 Å². The monoisotopic (exact) mass is 268 g/mol. The first-order valence-corrected chi connectivity index (χ1v) is 7.14. The number of hydrogen-bond acceptors (Lipinski definition) is 4. The molecule has 0 bridgehead atoms. The van der Waals surface area contributed by atoms with Crippen molar-refractivity contribution in [3.8, 4) is 0 Å². The van der Waals surface area contributed by atoms with Gasteiger partial charge in [-0.2, -0.15) is 11.8 Å². The van der Waals surface area contributed by atoms with Crippen LogP contribution in [0.2, 0.25) is 0 Å². The van der Waals surface area contributed by atoms with Gasteiger partial charge in [-0.05, 0) is 11.8 Å². The Morgan fingerprint density at radius 3 is 2.76 bits per heavy atom. The lowest BCUT2D eigenvalue weighted by atomic mass is 10.1. The molecule has 2 aromatic rings. The van der Waals surface area contributed by atoms with Gasteiger partial charge in [-0.1, -0.05) is 30.3 Å². The molecule has 17 heavy (non-hydrogen) atoms. The van der Waals surface area contributed by atoms with E-state index in [-0.39, 0.29) is 5.38 Å². The van der Waals surface area contributed by atoms with Gasteiger partial charge in [-0.15, -0.1) is 21.8 Å². The molecule has 0 saturated heterocycles. The average molecular weight is 269 g/mol. The first-order chi connectivity index (χ1) is 8.31.